The van der Waals surface area contributed by atoms with E-state index in [1.807, 2.05) is 18.7 Å². The fourth-order valence-electron chi connectivity index (χ4n) is 1.88. The molecule has 2 aromatic rings. The first-order chi connectivity index (χ1) is 8.86. The van der Waals surface area contributed by atoms with Crippen molar-refractivity contribution >= 4 is 11.3 Å². The van der Waals surface area contributed by atoms with Gasteiger partial charge in [0.2, 0.25) is 0 Å². The molecule has 0 amide bonds. The molecule has 2 rings (SSSR count). The molecule has 0 aliphatic carbocycles. The van der Waals surface area contributed by atoms with Crippen LogP contribution < -0.4 is 5.32 Å². The second-order valence-electron chi connectivity index (χ2n) is 5.91. The topological polar surface area (TPSA) is 42.7 Å². The Balaban J connectivity index is 1.89. The molecular weight excluding hydrogens is 256 g/mol. The molecule has 2 aromatic heterocycles. The van der Waals surface area contributed by atoms with Gasteiger partial charge >= 0.3 is 0 Å². The molecular formula is C14H22N4S. The molecule has 0 spiro atoms. The Kier molecular flexibility index (Phi) is 4.06. The van der Waals surface area contributed by atoms with Crippen LogP contribution in [0.25, 0.3) is 0 Å². The Morgan fingerprint density at radius 2 is 2.05 bits per heavy atom. The summed E-state index contributed by atoms with van der Waals surface area (Å²) in [5, 5.41) is 11.1. The first-order valence-electron chi connectivity index (χ1n) is 6.51. The summed E-state index contributed by atoms with van der Waals surface area (Å²) >= 11 is 1.74. The molecule has 0 atom stereocenters. The van der Waals surface area contributed by atoms with Crippen LogP contribution in [0.1, 0.15) is 42.7 Å². The fourth-order valence-corrected chi connectivity index (χ4v) is 2.79. The van der Waals surface area contributed by atoms with Crippen LogP contribution in [0, 0.1) is 6.92 Å². The molecule has 0 aromatic carbocycles. The molecule has 2 heterocycles. The lowest BCUT2D eigenvalue weighted by atomic mass is 9.98. The highest BCUT2D eigenvalue weighted by atomic mass is 32.1. The Morgan fingerprint density at radius 1 is 1.32 bits per heavy atom. The zero-order valence-electron chi connectivity index (χ0n) is 12.3. The van der Waals surface area contributed by atoms with Crippen LogP contribution in [0.4, 0.5) is 0 Å². The first-order valence-corrected chi connectivity index (χ1v) is 7.39. The van der Waals surface area contributed by atoms with Crippen molar-refractivity contribution in [2.24, 2.45) is 7.05 Å². The quantitative estimate of drug-likeness (QED) is 0.935. The minimum atomic E-state index is 0.142. The van der Waals surface area contributed by atoms with Crippen molar-refractivity contribution in [1.82, 2.24) is 20.1 Å². The smallest absolute Gasteiger partial charge is 0.0982 e. The van der Waals surface area contributed by atoms with E-state index in [0.717, 1.165) is 24.5 Å². The van der Waals surface area contributed by atoms with Crippen molar-refractivity contribution < 1.29 is 0 Å². The maximum Gasteiger partial charge on any atom is 0.0982 e. The number of nitrogens with zero attached hydrogens (tertiary/aromatic N) is 3. The molecule has 0 fully saturated rings. The molecule has 5 heteroatoms. The summed E-state index contributed by atoms with van der Waals surface area (Å²) in [5.74, 6) is 0. The van der Waals surface area contributed by atoms with Gasteiger partial charge in [-0.1, -0.05) is 20.8 Å². The zero-order chi connectivity index (χ0) is 14.0. The van der Waals surface area contributed by atoms with Crippen molar-refractivity contribution in [3.05, 3.63) is 33.5 Å². The Labute approximate surface area is 118 Å². The number of rotatable bonds is 4. The average molecular weight is 278 g/mol. The predicted molar refractivity (Wildman–Crippen MR) is 79.3 cm³/mol. The number of hydrogen-bond acceptors (Lipinski definition) is 4. The second-order valence-corrected chi connectivity index (χ2v) is 6.77. The van der Waals surface area contributed by atoms with Crippen LogP contribution in [0.5, 0.6) is 0 Å². The standard InChI is InChI=1S/C14H22N4S/c1-10-11(8-18(5)17-10)6-15-7-12-9-19-13(16-12)14(2,3)4/h8-9,15H,6-7H2,1-5H3. The molecule has 19 heavy (non-hydrogen) atoms. The van der Waals surface area contributed by atoms with Crippen LogP contribution in [-0.2, 0) is 25.6 Å². The van der Waals surface area contributed by atoms with Crippen LogP contribution in [0.15, 0.2) is 11.6 Å². The monoisotopic (exact) mass is 278 g/mol. The highest BCUT2D eigenvalue weighted by molar-refractivity contribution is 7.09. The lowest BCUT2D eigenvalue weighted by Crippen LogP contribution is -2.14. The highest BCUT2D eigenvalue weighted by Gasteiger charge is 2.17. The van der Waals surface area contributed by atoms with E-state index in [2.05, 4.69) is 47.7 Å². The van der Waals surface area contributed by atoms with Crippen molar-refractivity contribution in [2.75, 3.05) is 0 Å². The van der Waals surface area contributed by atoms with E-state index in [1.165, 1.54) is 10.6 Å². The van der Waals surface area contributed by atoms with Gasteiger partial charge in [-0.2, -0.15) is 5.10 Å². The van der Waals surface area contributed by atoms with E-state index < -0.39 is 0 Å². The van der Waals surface area contributed by atoms with E-state index in [9.17, 15) is 0 Å². The molecule has 0 saturated carbocycles. The van der Waals surface area contributed by atoms with Gasteiger partial charge in [-0.05, 0) is 6.92 Å². The Hall–Kier alpha value is -1.20. The number of aryl methyl sites for hydroxylation is 2. The summed E-state index contributed by atoms with van der Waals surface area (Å²) in [6.07, 6.45) is 2.06. The van der Waals surface area contributed by atoms with E-state index >= 15 is 0 Å². The summed E-state index contributed by atoms with van der Waals surface area (Å²) in [6, 6.07) is 0. The number of thiazole rings is 1. The molecule has 0 saturated heterocycles. The largest absolute Gasteiger partial charge is 0.307 e. The molecule has 0 radical (unpaired) electrons. The lowest BCUT2D eigenvalue weighted by molar-refractivity contribution is 0.579. The van der Waals surface area contributed by atoms with Crippen LogP contribution in [0.3, 0.4) is 0 Å². The Bertz CT molecular complexity index is 548. The van der Waals surface area contributed by atoms with E-state index in [0.29, 0.717) is 0 Å². The van der Waals surface area contributed by atoms with Gasteiger partial charge in [0.25, 0.3) is 0 Å². The molecule has 0 aliphatic rings. The number of aromatic nitrogens is 3. The van der Waals surface area contributed by atoms with Gasteiger partial charge in [0.05, 0.1) is 16.4 Å². The minimum absolute atomic E-state index is 0.142. The van der Waals surface area contributed by atoms with Gasteiger partial charge < -0.3 is 5.32 Å². The first kappa shape index (κ1) is 14.2. The number of nitrogens with one attached hydrogen (secondary N) is 1. The molecule has 0 unspecified atom stereocenters. The van der Waals surface area contributed by atoms with Crippen molar-refractivity contribution in [3.63, 3.8) is 0 Å². The van der Waals surface area contributed by atoms with Crippen molar-refractivity contribution in [1.29, 1.82) is 0 Å². The third kappa shape index (κ3) is 3.64. The summed E-state index contributed by atoms with van der Waals surface area (Å²) in [7, 11) is 1.95. The molecule has 0 aliphatic heterocycles. The van der Waals surface area contributed by atoms with E-state index in [4.69, 9.17) is 0 Å². The Morgan fingerprint density at radius 3 is 2.58 bits per heavy atom. The normalized spacial score (nSPS) is 12.1. The summed E-state index contributed by atoms with van der Waals surface area (Å²) < 4.78 is 1.85. The highest BCUT2D eigenvalue weighted by Crippen LogP contribution is 2.25. The van der Waals surface area contributed by atoms with Crippen LogP contribution in [-0.4, -0.2) is 14.8 Å². The number of hydrogen-bond donors (Lipinski definition) is 1. The summed E-state index contributed by atoms with van der Waals surface area (Å²) in [6.45, 7) is 10.3. The molecule has 1 N–H and O–H groups in total. The predicted octanol–water partition coefficient (Wildman–Crippen LogP) is 2.77. The average Bonchev–Trinajstić information content (AvgIpc) is 2.86. The lowest BCUT2D eigenvalue weighted by Gasteiger charge is -2.13. The maximum absolute atomic E-state index is 4.68. The van der Waals surface area contributed by atoms with Gasteiger partial charge in [0.1, 0.15) is 0 Å². The van der Waals surface area contributed by atoms with E-state index in [-0.39, 0.29) is 5.41 Å². The van der Waals surface area contributed by atoms with Crippen LogP contribution >= 0.6 is 11.3 Å². The summed E-state index contributed by atoms with van der Waals surface area (Å²) in [4.78, 5) is 4.68. The summed E-state index contributed by atoms with van der Waals surface area (Å²) in [5.41, 5.74) is 3.59. The minimum Gasteiger partial charge on any atom is -0.307 e. The SMILES string of the molecule is Cc1nn(C)cc1CNCc1csc(C(C)(C)C)n1. The van der Waals surface area contributed by atoms with Gasteiger partial charge in [-0.15, -0.1) is 11.3 Å². The van der Waals surface area contributed by atoms with Gasteiger partial charge in [-0.3, -0.25) is 4.68 Å². The maximum atomic E-state index is 4.68. The van der Waals surface area contributed by atoms with Gasteiger partial charge in [0, 0.05) is 42.7 Å². The fraction of sp³-hybridized carbons (Fsp3) is 0.571. The van der Waals surface area contributed by atoms with Crippen molar-refractivity contribution in [3.8, 4) is 0 Å². The molecule has 4 nitrogen and oxygen atoms in total. The third-order valence-corrected chi connectivity index (χ3v) is 4.25. The van der Waals surface area contributed by atoms with Gasteiger partial charge in [-0.25, -0.2) is 4.98 Å². The van der Waals surface area contributed by atoms with Gasteiger partial charge in [0.15, 0.2) is 0 Å². The zero-order valence-corrected chi connectivity index (χ0v) is 13.1. The third-order valence-electron chi connectivity index (χ3n) is 2.93. The second kappa shape index (κ2) is 5.43. The molecule has 0 bridgehead atoms. The molecule has 104 valence electrons. The van der Waals surface area contributed by atoms with Crippen molar-refractivity contribution in [2.45, 2.75) is 46.2 Å². The van der Waals surface area contributed by atoms with Crippen LogP contribution in [0.2, 0.25) is 0 Å². The van der Waals surface area contributed by atoms with E-state index in [1.54, 1.807) is 11.3 Å².